The Labute approximate surface area is 202 Å². The number of unbranched alkanes of at least 4 members (excludes halogenated alkanes) is 3. The number of amides is 3. The predicted molar refractivity (Wildman–Crippen MR) is 121 cm³/mol. The fourth-order valence-corrected chi connectivity index (χ4v) is 6.40. The molecule has 0 saturated carbocycles. The highest BCUT2D eigenvalue weighted by molar-refractivity contribution is 8.00. The van der Waals surface area contributed by atoms with Crippen LogP contribution in [-0.2, 0) is 23.8 Å². The summed E-state index contributed by atoms with van der Waals surface area (Å²) in [6.45, 7) is 1.72. The lowest BCUT2D eigenvalue weighted by Gasteiger charge is -2.16. The van der Waals surface area contributed by atoms with E-state index in [0.29, 0.717) is 44.1 Å². The maximum Gasteiger partial charge on any atom is 0.325 e. The summed E-state index contributed by atoms with van der Waals surface area (Å²) in [6, 6.07) is 0.403. The minimum atomic E-state index is -0.273. The average molecular weight is 506 g/mol. The Balaban J connectivity index is 1.11. The van der Waals surface area contributed by atoms with Gasteiger partial charge in [0.05, 0.1) is 17.3 Å². The van der Waals surface area contributed by atoms with Gasteiger partial charge in [0.25, 0.3) is 0 Å². The summed E-state index contributed by atoms with van der Waals surface area (Å²) >= 11 is 2.84. The van der Waals surface area contributed by atoms with Crippen LogP contribution in [0.5, 0.6) is 0 Å². The highest BCUT2D eigenvalue weighted by Gasteiger charge is 2.42. The first kappa shape index (κ1) is 26.4. The van der Waals surface area contributed by atoms with Crippen molar-refractivity contribution in [3.05, 3.63) is 0 Å². The first-order chi connectivity index (χ1) is 16.0. The van der Waals surface area contributed by atoms with E-state index < -0.39 is 0 Å². The lowest BCUT2D eigenvalue weighted by atomic mass is 10.0. The van der Waals surface area contributed by atoms with E-state index in [-0.39, 0.29) is 35.2 Å². The number of hydroxylamine groups is 2. The van der Waals surface area contributed by atoms with Gasteiger partial charge in [-0.2, -0.15) is 16.1 Å². The molecule has 3 fully saturated rings. The van der Waals surface area contributed by atoms with E-state index in [1.807, 2.05) is 11.8 Å². The number of nitrogens with one attached hydrogen (secondary N) is 3. The van der Waals surface area contributed by atoms with E-state index in [4.69, 9.17) is 4.84 Å². The highest BCUT2D eigenvalue weighted by atomic mass is 32.2. The zero-order valence-corrected chi connectivity index (χ0v) is 20.3. The predicted octanol–water partition coefficient (Wildman–Crippen LogP) is 0.793. The van der Waals surface area contributed by atoms with Crippen molar-refractivity contribution in [1.82, 2.24) is 21.0 Å². The van der Waals surface area contributed by atoms with Gasteiger partial charge in [-0.1, -0.05) is 12.8 Å². The number of hydrogen-bond acceptors (Lipinski definition) is 10. The van der Waals surface area contributed by atoms with Gasteiger partial charge in [0, 0.05) is 55.5 Å². The van der Waals surface area contributed by atoms with Crippen molar-refractivity contribution in [1.29, 1.82) is 0 Å². The number of fused-ring (bicyclic) bond motifs is 1. The molecular formula is C20H33N4O7S2-. The maximum absolute atomic E-state index is 12.0. The van der Waals surface area contributed by atoms with Gasteiger partial charge in [-0.25, -0.2) is 4.79 Å². The van der Waals surface area contributed by atoms with Crippen molar-refractivity contribution in [3.63, 3.8) is 0 Å². The van der Waals surface area contributed by atoms with Crippen LogP contribution in [0.4, 0.5) is 4.79 Å². The fourth-order valence-electron chi connectivity index (χ4n) is 4.28. The first-order valence-corrected chi connectivity index (χ1v) is 13.4. The molecule has 33 heavy (non-hydrogen) atoms. The summed E-state index contributed by atoms with van der Waals surface area (Å²) in [5.74, 6) is 0.749. The van der Waals surface area contributed by atoms with Crippen LogP contribution in [0.25, 0.3) is 0 Å². The zero-order valence-electron chi connectivity index (χ0n) is 18.6. The molecular weight excluding hydrogens is 472 g/mol. The van der Waals surface area contributed by atoms with Crippen molar-refractivity contribution in [2.24, 2.45) is 0 Å². The van der Waals surface area contributed by atoms with Gasteiger partial charge in [-0.3, -0.25) is 14.6 Å². The second kappa shape index (κ2) is 14.2. The van der Waals surface area contributed by atoms with Crippen LogP contribution in [0.15, 0.2) is 0 Å². The highest BCUT2D eigenvalue weighted by Crippen LogP contribution is 2.33. The third-order valence-corrected chi connectivity index (χ3v) is 8.30. The quantitative estimate of drug-likeness (QED) is 0.0961. The molecule has 0 aromatic carbocycles. The molecule has 4 unspecified atom stereocenters. The molecule has 0 aromatic rings. The zero-order chi connectivity index (χ0) is 23.5. The van der Waals surface area contributed by atoms with E-state index >= 15 is 0 Å². The second-order valence-electron chi connectivity index (χ2n) is 8.52. The third kappa shape index (κ3) is 9.13. The lowest BCUT2D eigenvalue weighted by Crippen LogP contribution is -2.36. The number of hydrogen-bond donors (Lipinski definition) is 3. The molecule has 3 heterocycles. The average Bonchev–Trinajstić information content (AvgIpc) is 3.48. The minimum Gasteiger partial charge on any atom is -0.691 e. The maximum atomic E-state index is 12.0. The Morgan fingerprint density at radius 3 is 2.88 bits per heavy atom. The number of rotatable bonds is 15. The molecule has 0 spiro atoms. The van der Waals surface area contributed by atoms with Crippen molar-refractivity contribution in [2.45, 2.75) is 80.4 Å². The Hall–Kier alpha value is -1.25. The van der Waals surface area contributed by atoms with Gasteiger partial charge in [-0.05, 0) is 32.1 Å². The molecule has 0 aromatic heterocycles. The van der Waals surface area contributed by atoms with Crippen molar-refractivity contribution in [3.8, 4) is 0 Å². The number of thioether (sulfide) groups is 1. The topological polar surface area (TPSA) is 141 Å². The van der Waals surface area contributed by atoms with Crippen LogP contribution in [-0.4, -0.2) is 70.9 Å². The molecule has 0 bridgehead atoms. The normalized spacial score (nSPS) is 26.6. The number of carbonyl (C=O) groups is 3. The molecule has 11 nitrogen and oxygen atoms in total. The fraction of sp³-hybridized carbons (Fsp3) is 0.850. The molecule has 13 heteroatoms. The van der Waals surface area contributed by atoms with Gasteiger partial charge in [0.15, 0.2) is 0 Å². The lowest BCUT2D eigenvalue weighted by molar-refractivity contribution is -0.777. The molecule has 4 atom stereocenters. The Morgan fingerprint density at radius 2 is 2.03 bits per heavy atom. The van der Waals surface area contributed by atoms with E-state index in [2.05, 4.69) is 25.3 Å². The summed E-state index contributed by atoms with van der Waals surface area (Å²) < 4.78 is 4.30. The van der Waals surface area contributed by atoms with Gasteiger partial charge < -0.3 is 26.0 Å². The van der Waals surface area contributed by atoms with Crippen LogP contribution in [0.2, 0.25) is 0 Å². The van der Waals surface area contributed by atoms with Crippen molar-refractivity contribution < 1.29 is 33.9 Å². The molecule has 188 valence electrons. The van der Waals surface area contributed by atoms with Gasteiger partial charge >= 0.3 is 12.0 Å². The molecule has 3 aliphatic heterocycles. The summed E-state index contributed by atoms with van der Waals surface area (Å²) in [5.41, 5.74) is 0. The van der Waals surface area contributed by atoms with Gasteiger partial charge in [0.1, 0.15) is 0 Å². The minimum absolute atomic E-state index is 0.0385. The largest absolute Gasteiger partial charge is 0.691 e. The Morgan fingerprint density at radius 1 is 1.18 bits per heavy atom. The molecule has 3 rings (SSSR count). The molecule has 3 aliphatic rings. The van der Waals surface area contributed by atoms with Crippen LogP contribution < -0.4 is 21.2 Å². The van der Waals surface area contributed by atoms with Gasteiger partial charge in [-0.15, -0.1) is 5.06 Å². The number of carbonyl (C=O) groups excluding carboxylic acids is 3. The smallest absolute Gasteiger partial charge is 0.325 e. The second-order valence-corrected chi connectivity index (χ2v) is 10.8. The summed E-state index contributed by atoms with van der Waals surface area (Å²) in [7, 11) is 0. The SMILES string of the molecule is O=C(CCCCC1SCC2NC(=O)NC21)NCCCCCC(=O)ON1CCC(SOO[O-])C1. The van der Waals surface area contributed by atoms with E-state index in [1.54, 1.807) is 5.06 Å². The van der Waals surface area contributed by atoms with E-state index in [1.165, 1.54) is 0 Å². The summed E-state index contributed by atoms with van der Waals surface area (Å²) in [6.07, 6.45) is 6.80. The van der Waals surface area contributed by atoms with E-state index in [0.717, 1.165) is 56.3 Å². The molecule has 0 radical (unpaired) electrons. The Kier molecular flexibility index (Phi) is 11.4. The third-order valence-electron chi connectivity index (χ3n) is 6.00. The molecule has 3 saturated heterocycles. The Bertz CT molecular complexity index is 660. The molecule has 3 amide bonds. The standard InChI is InChI=1S/C20H34N4O7S2/c25-17(7-4-3-6-16-19-15(13-32-16)22-20(27)23-19)21-10-5-1-2-8-18(26)29-24-11-9-14(12-24)33-31-30-28/h14-16,19,28H,1-13H2,(H,21,25)(H2,22,23,27)/p-1. The number of nitrogens with zero attached hydrogens (tertiary/aromatic N) is 1. The van der Waals surface area contributed by atoms with E-state index in [9.17, 15) is 19.6 Å². The summed E-state index contributed by atoms with van der Waals surface area (Å²) in [5, 5.41) is 24.1. The van der Waals surface area contributed by atoms with Crippen LogP contribution in [0.1, 0.15) is 57.8 Å². The van der Waals surface area contributed by atoms with Gasteiger partial charge in [0.2, 0.25) is 5.91 Å². The van der Waals surface area contributed by atoms with Crippen LogP contribution >= 0.6 is 23.8 Å². The van der Waals surface area contributed by atoms with Crippen molar-refractivity contribution in [2.75, 3.05) is 25.4 Å². The monoisotopic (exact) mass is 505 g/mol. The van der Waals surface area contributed by atoms with Crippen LogP contribution in [0, 0.1) is 0 Å². The summed E-state index contributed by atoms with van der Waals surface area (Å²) in [4.78, 5) is 40.6. The van der Waals surface area contributed by atoms with Crippen LogP contribution in [0.3, 0.4) is 0 Å². The first-order valence-electron chi connectivity index (χ1n) is 11.6. The molecule has 0 aliphatic carbocycles. The molecule has 3 N–H and O–H groups in total. The number of urea groups is 1. The van der Waals surface area contributed by atoms with Crippen molar-refractivity contribution >= 4 is 41.7 Å².